The summed E-state index contributed by atoms with van der Waals surface area (Å²) in [6.45, 7) is 4.03. The van der Waals surface area contributed by atoms with Gasteiger partial charge < -0.3 is 0 Å². The zero-order valence-corrected chi connectivity index (χ0v) is 16.3. The van der Waals surface area contributed by atoms with Gasteiger partial charge in [-0.1, -0.05) is 8.98 Å². The van der Waals surface area contributed by atoms with Crippen LogP contribution in [-0.2, 0) is 0 Å². The van der Waals surface area contributed by atoms with Crippen molar-refractivity contribution >= 4 is 65.6 Å². The largest absolute Gasteiger partial charge is 0.253 e. The number of aromatic nitrogens is 8. The molecule has 10 heteroatoms. The number of rotatable bonds is 1. The van der Waals surface area contributed by atoms with Gasteiger partial charge in [0, 0.05) is 41.5 Å². The molecule has 0 unspecified atom stereocenters. The lowest BCUT2D eigenvalue weighted by molar-refractivity contribution is 1.18. The number of aryl methyl sites for hydroxylation is 2. The normalized spacial score (nSPS) is 11.9. The predicted octanol–water partition coefficient (Wildman–Crippen LogP) is 3.87. The van der Waals surface area contributed by atoms with Crippen LogP contribution < -0.4 is 0 Å². The quantitative estimate of drug-likeness (QED) is 0.408. The molecule has 28 heavy (non-hydrogen) atoms. The van der Waals surface area contributed by atoms with E-state index in [1.165, 1.54) is 23.1 Å². The fourth-order valence-corrected chi connectivity index (χ4v) is 5.14. The predicted molar refractivity (Wildman–Crippen MR) is 109 cm³/mol. The van der Waals surface area contributed by atoms with Crippen LogP contribution in [0.5, 0.6) is 0 Å². The summed E-state index contributed by atoms with van der Waals surface area (Å²) in [5.41, 5.74) is 8.54. The molecule has 0 saturated heterocycles. The average Bonchev–Trinajstić information content (AvgIpc) is 3.40. The molecule has 0 fully saturated rings. The van der Waals surface area contributed by atoms with Gasteiger partial charge in [-0.3, -0.25) is 19.9 Å². The molecule has 134 valence electrons. The molecule has 0 aliphatic carbocycles. The van der Waals surface area contributed by atoms with E-state index in [2.05, 4.69) is 39.1 Å². The van der Waals surface area contributed by atoms with Gasteiger partial charge in [-0.2, -0.15) is 0 Å². The molecule has 0 radical (unpaired) electrons. The van der Waals surface area contributed by atoms with Crippen molar-refractivity contribution in [2.75, 3.05) is 0 Å². The third-order valence-corrected chi connectivity index (χ3v) is 6.55. The molecule has 0 aliphatic heterocycles. The van der Waals surface area contributed by atoms with Crippen LogP contribution in [0.1, 0.15) is 11.1 Å². The number of nitrogens with zero attached hydrogens (tertiary/aromatic N) is 8. The lowest BCUT2D eigenvalue weighted by atomic mass is 9.96. The highest BCUT2D eigenvalue weighted by molar-refractivity contribution is 7.14. The molecule has 0 spiro atoms. The standard InChI is InChI=1S/C18H10N8S2/c1-7-11-15(22-6-3-19-11)10(18-13(7)23-25-28-18)9-14-12(20-4-5-21-14)8(2)17-16(9)24-26-27-17/h3-6H,1-2H3. The van der Waals surface area contributed by atoms with E-state index < -0.39 is 0 Å². The van der Waals surface area contributed by atoms with Crippen molar-refractivity contribution in [2.24, 2.45) is 0 Å². The molecule has 0 amide bonds. The Morgan fingerprint density at radius 1 is 0.536 bits per heavy atom. The zero-order chi connectivity index (χ0) is 18.8. The Hall–Kier alpha value is -3.24. The van der Waals surface area contributed by atoms with E-state index in [-0.39, 0.29) is 0 Å². The third kappa shape index (κ3) is 1.93. The molecule has 0 bridgehead atoms. The van der Waals surface area contributed by atoms with Crippen molar-refractivity contribution in [1.82, 2.24) is 39.1 Å². The van der Waals surface area contributed by atoms with E-state index in [0.717, 1.165) is 64.8 Å². The van der Waals surface area contributed by atoms with Crippen molar-refractivity contribution in [3.8, 4) is 11.1 Å². The maximum Gasteiger partial charge on any atom is 0.116 e. The van der Waals surface area contributed by atoms with Crippen LogP contribution in [0.2, 0.25) is 0 Å². The minimum absolute atomic E-state index is 0.769. The summed E-state index contributed by atoms with van der Waals surface area (Å²) in [7, 11) is 0. The summed E-state index contributed by atoms with van der Waals surface area (Å²) >= 11 is 2.70. The average molecular weight is 402 g/mol. The summed E-state index contributed by atoms with van der Waals surface area (Å²) in [4.78, 5) is 18.5. The Balaban J connectivity index is 1.96. The second-order valence-electron chi connectivity index (χ2n) is 6.41. The van der Waals surface area contributed by atoms with Gasteiger partial charge in [0.15, 0.2) is 0 Å². The van der Waals surface area contributed by atoms with Gasteiger partial charge in [0.1, 0.15) is 11.0 Å². The van der Waals surface area contributed by atoms with Crippen molar-refractivity contribution in [3.05, 3.63) is 35.9 Å². The third-order valence-electron chi connectivity index (χ3n) is 4.97. The van der Waals surface area contributed by atoms with Crippen molar-refractivity contribution in [3.63, 3.8) is 0 Å². The summed E-state index contributed by atoms with van der Waals surface area (Å²) in [6, 6.07) is 0. The fourth-order valence-electron chi connectivity index (χ4n) is 3.70. The molecule has 0 N–H and O–H groups in total. The second-order valence-corrected chi connectivity index (χ2v) is 7.92. The number of hydrogen-bond donors (Lipinski definition) is 0. The van der Waals surface area contributed by atoms with Crippen LogP contribution in [0.15, 0.2) is 24.8 Å². The fraction of sp³-hybridized carbons (Fsp3) is 0.111. The topological polar surface area (TPSA) is 103 Å². The van der Waals surface area contributed by atoms with E-state index >= 15 is 0 Å². The van der Waals surface area contributed by atoms with Gasteiger partial charge in [-0.25, -0.2) is 0 Å². The molecule has 2 aromatic carbocycles. The first kappa shape index (κ1) is 15.8. The lowest BCUT2D eigenvalue weighted by Crippen LogP contribution is -1.96. The molecule has 0 atom stereocenters. The van der Waals surface area contributed by atoms with Crippen LogP contribution >= 0.6 is 23.1 Å². The molecule has 8 nitrogen and oxygen atoms in total. The Bertz CT molecular complexity index is 1430. The van der Waals surface area contributed by atoms with Crippen LogP contribution in [-0.4, -0.2) is 39.1 Å². The van der Waals surface area contributed by atoms with E-state index in [0.29, 0.717) is 0 Å². The number of hydrogen-bond acceptors (Lipinski definition) is 10. The minimum Gasteiger partial charge on any atom is -0.253 e. The Morgan fingerprint density at radius 3 is 1.79 bits per heavy atom. The molecular formula is C18H10N8S2. The highest BCUT2D eigenvalue weighted by Gasteiger charge is 2.25. The van der Waals surface area contributed by atoms with E-state index in [1.54, 1.807) is 24.8 Å². The molecule has 6 rings (SSSR count). The first-order valence-corrected chi connectivity index (χ1v) is 10.0. The van der Waals surface area contributed by atoms with Crippen molar-refractivity contribution in [1.29, 1.82) is 0 Å². The van der Waals surface area contributed by atoms with Crippen LogP contribution in [0.3, 0.4) is 0 Å². The minimum atomic E-state index is 0.769. The Morgan fingerprint density at radius 2 is 1.07 bits per heavy atom. The van der Waals surface area contributed by atoms with Gasteiger partial charge >= 0.3 is 0 Å². The van der Waals surface area contributed by atoms with Gasteiger partial charge in [0.25, 0.3) is 0 Å². The van der Waals surface area contributed by atoms with Crippen molar-refractivity contribution in [2.45, 2.75) is 13.8 Å². The van der Waals surface area contributed by atoms with Crippen LogP contribution in [0.25, 0.3) is 53.6 Å². The van der Waals surface area contributed by atoms with E-state index in [9.17, 15) is 0 Å². The van der Waals surface area contributed by atoms with E-state index in [1.807, 2.05) is 13.8 Å². The second kappa shape index (κ2) is 5.63. The highest BCUT2D eigenvalue weighted by atomic mass is 32.1. The summed E-state index contributed by atoms with van der Waals surface area (Å²) in [6.07, 6.45) is 6.79. The van der Waals surface area contributed by atoms with Gasteiger partial charge in [0.2, 0.25) is 0 Å². The highest BCUT2D eigenvalue weighted by Crippen LogP contribution is 2.44. The Kier molecular flexibility index (Phi) is 3.17. The maximum absolute atomic E-state index is 4.66. The van der Waals surface area contributed by atoms with E-state index in [4.69, 9.17) is 0 Å². The molecular weight excluding hydrogens is 392 g/mol. The molecule has 6 aromatic rings. The Labute approximate surface area is 165 Å². The molecule has 0 saturated carbocycles. The number of fused-ring (bicyclic) bond motifs is 4. The lowest BCUT2D eigenvalue weighted by Gasteiger charge is -2.12. The van der Waals surface area contributed by atoms with Crippen molar-refractivity contribution < 1.29 is 0 Å². The first-order valence-electron chi connectivity index (χ1n) is 8.46. The smallest absolute Gasteiger partial charge is 0.116 e. The van der Waals surface area contributed by atoms with Gasteiger partial charge in [-0.05, 0) is 42.5 Å². The van der Waals surface area contributed by atoms with Crippen LogP contribution in [0.4, 0.5) is 0 Å². The first-order chi connectivity index (χ1) is 13.8. The zero-order valence-electron chi connectivity index (χ0n) is 14.7. The summed E-state index contributed by atoms with van der Waals surface area (Å²) in [5, 5.41) is 8.79. The van der Waals surface area contributed by atoms with Crippen LogP contribution in [0, 0.1) is 13.8 Å². The summed E-state index contributed by atoms with van der Waals surface area (Å²) in [5.74, 6) is 0. The monoisotopic (exact) mass is 402 g/mol. The SMILES string of the molecule is Cc1c2nccnc2c(-c2c3nccnc3c(C)c3snnc23)c2snnc12. The van der Waals surface area contributed by atoms with Gasteiger partial charge in [0.05, 0.1) is 31.5 Å². The maximum atomic E-state index is 4.66. The summed E-state index contributed by atoms with van der Waals surface area (Å²) < 4.78 is 10.3. The molecule has 4 aromatic heterocycles. The number of benzene rings is 2. The van der Waals surface area contributed by atoms with Gasteiger partial charge in [-0.15, -0.1) is 10.2 Å². The molecule has 0 aliphatic rings. The molecule has 4 heterocycles.